The lowest BCUT2D eigenvalue weighted by molar-refractivity contribution is 0.486. The molecule has 16 heavy (non-hydrogen) atoms. The van der Waals surface area contributed by atoms with Crippen molar-refractivity contribution in [1.82, 2.24) is 0 Å². The van der Waals surface area contributed by atoms with Crippen molar-refractivity contribution in [3.8, 4) is 5.75 Å². The molecule has 0 aromatic heterocycles. The highest BCUT2D eigenvalue weighted by molar-refractivity contribution is 6.74. The molecular formula is C13H21FOSi. The highest BCUT2D eigenvalue weighted by atomic mass is 28.4. The van der Waals surface area contributed by atoms with Crippen LogP contribution in [0.25, 0.3) is 0 Å². The monoisotopic (exact) mass is 240 g/mol. The standard InChI is InChI=1S/C13H21FOSi/c1-10-7-11(14)9-12(8-10)15-16(5,6)13(2,3)4/h7-9H,1-6H3. The van der Waals surface area contributed by atoms with Gasteiger partial charge >= 0.3 is 0 Å². The molecule has 0 amide bonds. The Morgan fingerprint density at radius 2 is 1.69 bits per heavy atom. The van der Waals surface area contributed by atoms with Gasteiger partial charge in [0.25, 0.3) is 0 Å². The van der Waals surface area contributed by atoms with Crippen molar-refractivity contribution in [2.24, 2.45) is 0 Å². The van der Waals surface area contributed by atoms with E-state index in [1.165, 1.54) is 12.1 Å². The summed E-state index contributed by atoms with van der Waals surface area (Å²) in [6, 6.07) is 4.87. The van der Waals surface area contributed by atoms with Gasteiger partial charge in [0.15, 0.2) is 0 Å². The van der Waals surface area contributed by atoms with Gasteiger partial charge in [-0.15, -0.1) is 0 Å². The Labute approximate surface area is 98.8 Å². The maximum absolute atomic E-state index is 13.2. The molecule has 0 fully saturated rings. The van der Waals surface area contributed by atoms with E-state index in [1.54, 1.807) is 0 Å². The Morgan fingerprint density at radius 3 is 2.12 bits per heavy atom. The molecule has 0 saturated carbocycles. The molecule has 0 bridgehead atoms. The zero-order chi connectivity index (χ0) is 12.6. The largest absolute Gasteiger partial charge is 0.543 e. The normalized spacial score (nSPS) is 12.7. The molecule has 0 saturated heterocycles. The number of rotatable bonds is 2. The molecule has 0 N–H and O–H groups in total. The van der Waals surface area contributed by atoms with Crippen LogP contribution in [0.1, 0.15) is 26.3 Å². The van der Waals surface area contributed by atoms with Gasteiger partial charge in [-0.25, -0.2) is 4.39 Å². The summed E-state index contributed by atoms with van der Waals surface area (Å²) in [5, 5.41) is 0.132. The highest BCUT2D eigenvalue weighted by Crippen LogP contribution is 2.37. The topological polar surface area (TPSA) is 9.23 Å². The van der Waals surface area contributed by atoms with Crippen molar-refractivity contribution in [2.45, 2.75) is 45.8 Å². The Hall–Kier alpha value is -0.833. The summed E-state index contributed by atoms with van der Waals surface area (Å²) >= 11 is 0. The maximum atomic E-state index is 13.2. The summed E-state index contributed by atoms with van der Waals surface area (Å²) in [6.45, 7) is 12.7. The highest BCUT2D eigenvalue weighted by Gasteiger charge is 2.38. The average Bonchev–Trinajstić information content (AvgIpc) is 1.97. The second kappa shape index (κ2) is 4.21. The predicted octanol–water partition coefficient (Wildman–Crippen LogP) is 4.52. The van der Waals surface area contributed by atoms with Gasteiger partial charge in [-0.05, 0) is 42.8 Å². The van der Waals surface area contributed by atoms with Crippen LogP contribution in [-0.2, 0) is 0 Å². The van der Waals surface area contributed by atoms with E-state index in [2.05, 4.69) is 33.9 Å². The van der Waals surface area contributed by atoms with Crippen LogP contribution in [0, 0.1) is 12.7 Å². The molecule has 0 aliphatic heterocycles. The third kappa shape index (κ3) is 3.08. The first-order valence-corrected chi connectivity index (χ1v) is 8.49. The third-order valence-corrected chi connectivity index (χ3v) is 7.55. The molecule has 1 rings (SSSR count). The summed E-state index contributed by atoms with van der Waals surface area (Å²) in [6.07, 6.45) is 0. The minimum Gasteiger partial charge on any atom is -0.543 e. The van der Waals surface area contributed by atoms with Crippen LogP contribution < -0.4 is 4.43 Å². The SMILES string of the molecule is Cc1cc(F)cc(O[Si](C)(C)C(C)(C)C)c1. The Kier molecular flexibility index (Phi) is 3.48. The lowest BCUT2D eigenvalue weighted by Crippen LogP contribution is -2.43. The molecule has 0 aliphatic rings. The van der Waals surface area contributed by atoms with E-state index in [-0.39, 0.29) is 10.9 Å². The van der Waals surface area contributed by atoms with Crippen LogP contribution in [0.15, 0.2) is 18.2 Å². The molecule has 0 unspecified atom stereocenters. The van der Waals surface area contributed by atoms with E-state index < -0.39 is 8.32 Å². The second-order valence-corrected chi connectivity index (χ2v) is 10.6. The predicted molar refractivity (Wildman–Crippen MR) is 69.0 cm³/mol. The van der Waals surface area contributed by atoms with E-state index in [0.29, 0.717) is 5.75 Å². The van der Waals surface area contributed by atoms with E-state index >= 15 is 0 Å². The Balaban J connectivity index is 2.96. The molecule has 3 heteroatoms. The first kappa shape index (κ1) is 13.2. The van der Waals surface area contributed by atoms with Gasteiger partial charge in [-0.1, -0.05) is 20.8 Å². The van der Waals surface area contributed by atoms with Crippen LogP contribution in [0.3, 0.4) is 0 Å². The summed E-state index contributed by atoms with van der Waals surface area (Å²) in [4.78, 5) is 0. The fraction of sp³-hybridized carbons (Fsp3) is 0.538. The molecule has 0 aliphatic carbocycles. The molecular weight excluding hydrogens is 219 g/mol. The fourth-order valence-electron chi connectivity index (χ4n) is 1.21. The summed E-state index contributed by atoms with van der Waals surface area (Å²) in [5.41, 5.74) is 0.897. The molecule has 0 spiro atoms. The van der Waals surface area contributed by atoms with E-state index in [4.69, 9.17) is 4.43 Å². The Morgan fingerprint density at radius 1 is 1.12 bits per heavy atom. The summed E-state index contributed by atoms with van der Waals surface area (Å²) in [5.74, 6) is 0.429. The van der Waals surface area contributed by atoms with Gasteiger partial charge in [0.2, 0.25) is 8.32 Å². The van der Waals surface area contributed by atoms with Crippen LogP contribution in [-0.4, -0.2) is 8.32 Å². The number of aryl methyl sites for hydroxylation is 1. The second-order valence-electron chi connectivity index (χ2n) is 5.83. The lowest BCUT2D eigenvalue weighted by atomic mass is 10.2. The van der Waals surface area contributed by atoms with Crippen molar-refractivity contribution in [3.63, 3.8) is 0 Å². The van der Waals surface area contributed by atoms with Crippen molar-refractivity contribution >= 4 is 8.32 Å². The van der Waals surface area contributed by atoms with Crippen LogP contribution in [0.5, 0.6) is 5.75 Å². The zero-order valence-electron chi connectivity index (χ0n) is 11.0. The van der Waals surface area contributed by atoms with Crippen LogP contribution >= 0.6 is 0 Å². The van der Waals surface area contributed by atoms with Gasteiger partial charge in [0.1, 0.15) is 11.6 Å². The smallest absolute Gasteiger partial charge is 0.250 e. The van der Waals surface area contributed by atoms with E-state index in [0.717, 1.165) is 5.56 Å². The first-order chi connectivity index (χ1) is 7.12. The van der Waals surface area contributed by atoms with Gasteiger partial charge in [-0.2, -0.15) is 0 Å². The van der Waals surface area contributed by atoms with Crippen LogP contribution in [0.4, 0.5) is 4.39 Å². The number of hydrogen-bond donors (Lipinski definition) is 0. The quantitative estimate of drug-likeness (QED) is 0.691. The summed E-state index contributed by atoms with van der Waals surface area (Å²) in [7, 11) is -1.86. The summed E-state index contributed by atoms with van der Waals surface area (Å²) < 4.78 is 19.3. The molecule has 1 nitrogen and oxygen atoms in total. The maximum Gasteiger partial charge on any atom is 0.250 e. The number of hydrogen-bond acceptors (Lipinski definition) is 1. The van der Waals surface area contributed by atoms with Crippen molar-refractivity contribution in [1.29, 1.82) is 0 Å². The van der Waals surface area contributed by atoms with Gasteiger partial charge < -0.3 is 4.43 Å². The molecule has 1 aromatic rings. The average molecular weight is 240 g/mol. The van der Waals surface area contributed by atoms with Gasteiger partial charge in [-0.3, -0.25) is 0 Å². The minimum absolute atomic E-state index is 0.132. The number of halogens is 1. The van der Waals surface area contributed by atoms with Crippen molar-refractivity contribution in [2.75, 3.05) is 0 Å². The minimum atomic E-state index is -1.86. The molecule has 90 valence electrons. The molecule has 0 radical (unpaired) electrons. The third-order valence-electron chi connectivity index (χ3n) is 3.19. The molecule has 0 heterocycles. The fourth-order valence-corrected chi connectivity index (χ4v) is 2.22. The Bertz CT molecular complexity index is 360. The van der Waals surface area contributed by atoms with Crippen LogP contribution in [0.2, 0.25) is 18.1 Å². The first-order valence-electron chi connectivity index (χ1n) is 5.58. The van der Waals surface area contributed by atoms with Crippen molar-refractivity contribution in [3.05, 3.63) is 29.6 Å². The van der Waals surface area contributed by atoms with E-state index in [1.807, 2.05) is 13.0 Å². The van der Waals surface area contributed by atoms with E-state index in [9.17, 15) is 4.39 Å². The lowest BCUT2D eigenvalue weighted by Gasteiger charge is -2.36. The molecule has 1 aromatic carbocycles. The van der Waals surface area contributed by atoms with Crippen molar-refractivity contribution < 1.29 is 8.82 Å². The number of benzene rings is 1. The van der Waals surface area contributed by atoms with Gasteiger partial charge in [0.05, 0.1) is 0 Å². The zero-order valence-corrected chi connectivity index (χ0v) is 12.0. The molecule has 0 atom stereocenters. The van der Waals surface area contributed by atoms with Gasteiger partial charge in [0, 0.05) is 6.07 Å².